The van der Waals surface area contributed by atoms with Crippen molar-refractivity contribution in [1.82, 2.24) is 9.47 Å². The third kappa shape index (κ3) is 6.43. The van der Waals surface area contributed by atoms with Gasteiger partial charge in [0.05, 0.1) is 6.61 Å². The summed E-state index contributed by atoms with van der Waals surface area (Å²) in [5, 5.41) is 0. The van der Waals surface area contributed by atoms with Gasteiger partial charge >= 0.3 is 5.97 Å². The number of rotatable bonds is 12. The molecule has 0 unspecified atom stereocenters. The van der Waals surface area contributed by atoms with Crippen molar-refractivity contribution in [3.05, 3.63) is 22.5 Å². The van der Waals surface area contributed by atoms with E-state index < -0.39 is 5.41 Å². The molecule has 3 aliphatic rings. The number of carbonyl (C=O) groups is 3. The minimum Gasteiger partial charge on any atom is -0.466 e. The minimum atomic E-state index is -0.676. The van der Waals surface area contributed by atoms with Crippen LogP contribution in [0.2, 0.25) is 0 Å². The summed E-state index contributed by atoms with van der Waals surface area (Å²) in [6.45, 7) is 8.24. The number of carbonyl (C=O) groups excluding carboxylic acids is 3. The molecule has 212 valence electrons. The summed E-state index contributed by atoms with van der Waals surface area (Å²) in [5.41, 5.74) is 3.40. The first-order valence-corrected chi connectivity index (χ1v) is 15.4. The van der Waals surface area contributed by atoms with Gasteiger partial charge in [0.15, 0.2) is 5.78 Å². The van der Waals surface area contributed by atoms with E-state index in [1.807, 2.05) is 18.4 Å². The normalized spacial score (nSPS) is 21.5. The van der Waals surface area contributed by atoms with E-state index in [2.05, 4.69) is 18.9 Å². The lowest BCUT2D eigenvalue weighted by atomic mass is 9.72. The summed E-state index contributed by atoms with van der Waals surface area (Å²) in [5.74, 6) is 0.548. The number of Topliss-reactive ketones (excluding diaryl/α,β-unsaturated/α-hetero) is 1. The van der Waals surface area contributed by atoms with Crippen LogP contribution in [0.1, 0.15) is 130 Å². The minimum absolute atomic E-state index is 0.0548. The zero-order valence-electron chi connectivity index (χ0n) is 24.4. The maximum atomic E-state index is 14.1. The van der Waals surface area contributed by atoms with Gasteiger partial charge in [0.2, 0.25) is 5.91 Å². The smallest absolute Gasteiger partial charge is 0.305 e. The highest BCUT2D eigenvalue weighted by molar-refractivity contribution is 6.04. The highest BCUT2D eigenvalue weighted by atomic mass is 16.5. The number of fused-ring (bicyclic) bond motifs is 4. The highest BCUT2D eigenvalue weighted by Crippen LogP contribution is 2.42. The molecule has 0 saturated carbocycles. The van der Waals surface area contributed by atoms with E-state index >= 15 is 0 Å². The average Bonchev–Trinajstić information content (AvgIpc) is 3.22. The number of aromatic nitrogens is 1. The number of hydrogen-bond donors (Lipinski definition) is 0. The molecule has 4 rings (SSSR count). The van der Waals surface area contributed by atoms with Gasteiger partial charge in [0, 0.05) is 41.2 Å². The number of ketones is 1. The predicted molar refractivity (Wildman–Crippen MR) is 151 cm³/mol. The zero-order chi connectivity index (χ0) is 27.3. The lowest BCUT2D eigenvalue weighted by Gasteiger charge is -2.39. The van der Waals surface area contributed by atoms with Crippen LogP contribution in [0.5, 0.6) is 0 Å². The molecule has 2 aliphatic carbocycles. The summed E-state index contributed by atoms with van der Waals surface area (Å²) in [6, 6.07) is 0. The Balaban J connectivity index is 1.39. The molecule has 0 spiro atoms. The maximum absolute atomic E-state index is 14.1. The van der Waals surface area contributed by atoms with Crippen molar-refractivity contribution in [2.75, 3.05) is 26.7 Å². The fourth-order valence-corrected chi connectivity index (χ4v) is 6.85. The molecule has 1 saturated heterocycles. The maximum Gasteiger partial charge on any atom is 0.305 e. The predicted octanol–water partition coefficient (Wildman–Crippen LogP) is 6.41. The van der Waals surface area contributed by atoms with Crippen LogP contribution >= 0.6 is 0 Å². The van der Waals surface area contributed by atoms with Gasteiger partial charge < -0.3 is 9.64 Å². The van der Waals surface area contributed by atoms with E-state index in [1.165, 1.54) is 32.1 Å². The van der Waals surface area contributed by atoms with Crippen molar-refractivity contribution in [3.63, 3.8) is 0 Å². The van der Waals surface area contributed by atoms with Gasteiger partial charge in [-0.05, 0) is 76.4 Å². The Morgan fingerprint density at radius 2 is 1.71 bits per heavy atom. The average molecular weight is 527 g/mol. The number of piperidine rings is 1. The van der Waals surface area contributed by atoms with Crippen LogP contribution in [0, 0.1) is 17.3 Å². The fraction of sp³-hybridized carbons (Fsp3) is 0.781. The number of nitrogens with zero attached hydrogens (tertiary/aromatic N) is 2. The van der Waals surface area contributed by atoms with Crippen LogP contribution < -0.4 is 0 Å². The number of ether oxygens (including phenoxy) is 1. The number of unbranched alkanes of at least 4 members (excludes halogenated alkanes) is 6. The number of hydrogen-bond acceptors (Lipinski definition) is 5. The van der Waals surface area contributed by atoms with E-state index in [4.69, 9.17) is 4.74 Å². The molecule has 0 aromatic carbocycles. The van der Waals surface area contributed by atoms with Crippen molar-refractivity contribution in [3.8, 4) is 0 Å². The van der Waals surface area contributed by atoms with Crippen molar-refractivity contribution >= 4 is 17.7 Å². The van der Waals surface area contributed by atoms with Crippen LogP contribution in [-0.4, -0.2) is 53.9 Å². The SMILES string of the molecule is CCCCCCCCCC(=O)OCCC(C)(C)C(=O)n1c2c(c3c1C[C@@H]1CCN(C)C[C@H]1C3=O)CCCC2. The Morgan fingerprint density at radius 3 is 2.47 bits per heavy atom. The van der Waals surface area contributed by atoms with Crippen molar-refractivity contribution < 1.29 is 19.1 Å². The quantitative estimate of drug-likeness (QED) is 0.232. The van der Waals surface area contributed by atoms with Crippen molar-refractivity contribution in [2.24, 2.45) is 17.3 Å². The van der Waals surface area contributed by atoms with Gasteiger partial charge in [-0.3, -0.25) is 19.0 Å². The summed E-state index contributed by atoms with van der Waals surface area (Å²) in [7, 11) is 2.10. The Kier molecular flexibility index (Phi) is 9.89. The van der Waals surface area contributed by atoms with Crippen LogP contribution in [0.15, 0.2) is 0 Å². The third-order valence-corrected chi connectivity index (χ3v) is 9.32. The molecular weight excluding hydrogens is 476 g/mol. The van der Waals surface area contributed by atoms with Crippen LogP contribution in [0.3, 0.4) is 0 Å². The Morgan fingerprint density at radius 1 is 1.00 bits per heavy atom. The first kappa shape index (κ1) is 29.0. The van der Waals surface area contributed by atoms with Gasteiger partial charge in [-0.15, -0.1) is 0 Å². The van der Waals surface area contributed by atoms with E-state index in [1.54, 1.807) is 0 Å². The molecule has 0 bridgehead atoms. The molecule has 6 heteroatoms. The highest BCUT2D eigenvalue weighted by Gasteiger charge is 2.45. The van der Waals surface area contributed by atoms with Crippen molar-refractivity contribution in [1.29, 1.82) is 0 Å². The van der Waals surface area contributed by atoms with Gasteiger partial charge in [-0.1, -0.05) is 59.3 Å². The van der Waals surface area contributed by atoms with Crippen LogP contribution in [0.25, 0.3) is 0 Å². The molecule has 1 aromatic heterocycles. The molecule has 38 heavy (non-hydrogen) atoms. The largest absolute Gasteiger partial charge is 0.466 e. The monoisotopic (exact) mass is 526 g/mol. The van der Waals surface area contributed by atoms with E-state index in [9.17, 15) is 14.4 Å². The lowest BCUT2D eigenvalue weighted by molar-refractivity contribution is -0.144. The van der Waals surface area contributed by atoms with Gasteiger partial charge in [-0.25, -0.2) is 0 Å². The van der Waals surface area contributed by atoms with Crippen molar-refractivity contribution in [2.45, 2.75) is 117 Å². The Bertz CT molecular complexity index is 1010. The molecule has 1 aliphatic heterocycles. The summed E-state index contributed by atoms with van der Waals surface area (Å²) < 4.78 is 7.51. The molecule has 0 radical (unpaired) electrons. The molecular formula is C32H50N2O4. The molecule has 2 heterocycles. The molecule has 6 nitrogen and oxygen atoms in total. The molecule has 1 fully saturated rings. The van der Waals surface area contributed by atoms with Crippen LogP contribution in [0.4, 0.5) is 0 Å². The number of likely N-dealkylation sites (tertiary alicyclic amines) is 1. The Hall–Kier alpha value is -1.95. The van der Waals surface area contributed by atoms with E-state index in [-0.39, 0.29) is 30.2 Å². The molecule has 2 atom stereocenters. The third-order valence-electron chi connectivity index (χ3n) is 9.32. The molecule has 1 aromatic rings. The fourth-order valence-electron chi connectivity index (χ4n) is 6.85. The Labute approximate surface area is 229 Å². The summed E-state index contributed by atoms with van der Waals surface area (Å²) >= 11 is 0. The second kappa shape index (κ2) is 12.9. The first-order chi connectivity index (χ1) is 18.2. The second-order valence-corrected chi connectivity index (χ2v) is 12.8. The summed E-state index contributed by atoms with van der Waals surface area (Å²) in [6.07, 6.45) is 14.9. The number of esters is 1. The van der Waals surface area contributed by atoms with E-state index in [0.29, 0.717) is 18.8 Å². The summed E-state index contributed by atoms with van der Waals surface area (Å²) in [4.78, 5) is 42.4. The van der Waals surface area contributed by atoms with Gasteiger partial charge in [0.1, 0.15) is 0 Å². The zero-order valence-corrected chi connectivity index (χ0v) is 24.4. The molecule has 0 N–H and O–H groups in total. The lowest BCUT2D eigenvalue weighted by Crippen LogP contribution is -2.46. The van der Waals surface area contributed by atoms with E-state index in [0.717, 1.165) is 87.0 Å². The van der Waals surface area contributed by atoms with Gasteiger partial charge in [0.25, 0.3) is 0 Å². The first-order valence-electron chi connectivity index (χ1n) is 15.4. The second-order valence-electron chi connectivity index (χ2n) is 12.8. The standard InChI is InChI=1S/C32H50N2O4/c1-5-6-7-8-9-10-11-16-28(35)38-20-18-32(2,3)31(37)34-26-15-13-12-14-24(26)29-27(34)21-23-17-19-33(4)22-25(23)30(29)36/h23,25H,5-22H2,1-4H3/t23-,25+/m0/s1. The van der Waals surface area contributed by atoms with Crippen LogP contribution in [-0.2, 0) is 28.8 Å². The molecule has 0 amide bonds. The topological polar surface area (TPSA) is 68.6 Å². The van der Waals surface area contributed by atoms with Gasteiger partial charge in [-0.2, -0.15) is 0 Å².